The molecule has 0 unspecified atom stereocenters. The first-order chi connectivity index (χ1) is 15.1. The van der Waals surface area contributed by atoms with Crippen molar-refractivity contribution in [3.05, 3.63) is 7.68 Å². The molecule has 0 rings (SSSR count). The molecule has 0 spiro atoms. The van der Waals surface area contributed by atoms with Crippen LogP contribution >= 0.6 is 0 Å². The average molecular weight is 650 g/mol. The third-order valence-corrected chi connectivity index (χ3v) is 58.1. The van der Waals surface area contributed by atoms with Crippen molar-refractivity contribution in [3.8, 4) is 0 Å². The summed E-state index contributed by atoms with van der Waals surface area (Å²) in [6.45, 7) is 14.8. The first kappa shape index (κ1) is 32.3. The number of aliphatic hydroxyl groups is 1. The Hall–Kier alpha value is 1.30. The maximum absolute atomic E-state index is 9.91. The zero-order chi connectivity index (χ0) is 23.4. The maximum atomic E-state index is 9.91. The summed E-state index contributed by atoms with van der Waals surface area (Å²) < 4.78 is 11.9. The minimum atomic E-state index is -2.45. The van der Waals surface area contributed by atoms with Crippen molar-refractivity contribution < 1.29 is 5.11 Å². The van der Waals surface area contributed by atoms with E-state index in [-0.39, 0.29) is 0 Å². The van der Waals surface area contributed by atoms with Gasteiger partial charge in [-0.15, -0.1) is 0 Å². The van der Waals surface area contributed by atoms with Crippen LogP contribution in [0.1, 0.15) is 125 Å². The van der Waals surface area contributed by atoms with Gasteiger partial charge < -0.3 is 0 Å². The van der Waals surface area contributed by atoms with E-state index < -0.39 is 36.8 Å². The molecule has 0 aromatic carbocycles. The fourth-order valence-corrected chi connectivity index (χ4v) is 74.8. The van der Waals surface area contributed by atoms with Crippen LogP contribution in [-0.4, -0.2) is 48.5 Å². The van der Waals surface area contributed by atoms with E-state index in [9.17, 15) is 5.11 Å². The molecule has 0 saturated carbocycles. The predicted molar refractivity (Wildman–Crippen MR) is 150 cm³/mol. The van der Waals surface area contributed by atoms with Gasteiger partial charge in [-0.05, 0) is 0 Å². The molecule has 0 fully saturated rings. The molecule has 31 heavy (non-hydrogen) atoms. The molecule has 0 amide bonds. The molecule has 1 N–H and O–H groups in total. The molecule has 0 aromatic rings. The summed E-state index contributed by atoms with van der Waals surface area (Å²) in [6.07, 6.45) is 20.7. The Labute approximate surface area is 206 Å². The van der Waals surface area contributed by atoms with Crippen molar-refractivity contribution >= 4 is 36.8 Å². The monoisotopic (exact) mass is 652 g/mol. The molecule has 0 saturated heterocycles. The topological polar surface area (TPSA) is 20.2 Å². The fourth-order valence-electron chi connectivity index (χ4n) is 5.85. The molecule has 0 aliphatic carbocycles. The molecule has 1 nitrogen and oxygen atoms in total. The van der Waals surface area contributed by atoms with Crippen molar-refractivity contribution in [1.29, 1.82) is 0 Å². The summed E-state index contributed by atoms with van der Waals surface area (Å²) >= 11 is -4.89. The van der Waals surface area contributed by atoms with Crippen LogP contribution in [0.15, 0.2) is 7.68 Å². The van der Waals surface area contributed by atoms with Gasteiger partial charge in [0.15, 0.2) is 0 Å². The summed E-state index contributed by atoms with van der Waals surface area (Å²) in [4.78, 5) is 0. The van der Waals surface area contributed by atoms with E-state index >= 15 is 0 Å². The van der Waals surface area contributed by atoms with Crippen LogP contribution in [0.2, 0.25) is 26.6 Å². The second-order valence-electron chi connectivity index (χ2n) is 10.3. The van der Waals surface area contributed by atoms with E-state index in [1.807, 2.05) is 0 Å². The average Bonchev–Trinajstić information content (AvgIpc) is 2.80. The Morgan fingerprint density at radius 3 is 0.968 bits per heavy atom. The molecule has 186 valence electrons. The van der Waals surface area contributed by atoms with Gasteiger partial charge in [-0.3, -0.25) is 0 Å². The fraction of sp³-hybridized carbons (Fsp3) is 0.929. The number of hydrogen-bond donors (Lipinski definition) is 1. The van der Waals surface area contributed by atoms with Crippen LogP contribution < -0.4 is 0 Å². The Morgan fingerprint density at radius 2 is 0.774 bits per heavy atom. The normalized spacial score (nSPS) is 12.4. The molecule has 0 radical (unpaired) electrons. The van der Waals surface area contributed by atoms with E-state index in [0.29, 0.717) is 6.61 Å². The molecular formula is C28H60OSn2. The van der Waals surface area contributed by atoms with Gasteiger partial charge in [-0.1, -0.05) is 0 Å². The predicted octanol–water partition coefficient (Wildman–Crippen LogP) is 10.1. The van der Waals surface area contributed by atoms with E-state index in [1.54, 1.807) is 26.6 Å². The molecular weight excluding hydrogens is 590 g/mol. The number of hydrogen-bond acceptors (Lipinski definition) is 1. The van der Waals surface area contributed by atoms with Crippen LogP contribution in [0.4, 0.5) is 0 Å². The van der Waals surface area contributed by atoms with Crippen molar-refractivity contribution in [1.82, 2.24) is 0 Å². The molecule has 0 atom stereocenters. The number of unbranched alkanes of at least 4 members (excludes halogenated alkanes) is 6. The first-order valence-corrected chi connectivity index (χ1v) is 29.3. The Bertz CT molecular complexity index is 355. The quantitative estimate of drug-likeness (QED) is 0.116. The molecule has 0 aliphatic rings. The SMILES string of the molecule is CCC[CH2][Sn]([CH2]CCC)([CH2]CCC)[C](=CCCO)[Sn]([CH2]CCC)([CH2]CCC)[CH2]CCC. The van der Waals surface area contributed by atoms with Gasteiger partial charge in [0.25, 0.3) is 0 Å². The number of rotatable bonds is 22. The van der Waals surface area contributed by atoms with Crippen molar-refractivity contribution in [2.24, 2.45) is 0 Å². The van der Waals surface area contributed by atoms with Crippen molar-refractivity contribution in [3.63, 3.8) is 0 Å². The Morgan fingerprint density at radius 1 is 0.516 bits per heavy atom. The minimum absolute atomic E-state index is 0.359. The van der Waals surface area contributed by atoms with E-state index in [4.69, 9.17) is 0 Å². The zero-order valence-electron chi connectivity index (χ0n) is 22.7. The Kier molecular flexibility index (Phi) is 21.5. The Balaban J connectivity index is 6.63. The third-order valence-electron chi connectivity index (χ3n) is 7.67. The second kappa shape index (κ2) is 20.7. The summed E-state index contributed by atoms with van der Waals surface area (Å²) in [7, 11) is 0. The van der Waals surface area contributed by atoms with Crippen LogP contribution in [0, 0.1) is 0 Å². The van der Waals surface area contributed by atoms with Crippen molar-refractivity contribution in [2.75, 3.05) is 6.61 Å². The van der Waals surface area contributed by atoms with Crippen LogP contribution in [0.3, 0.4) is 0 Å². The van der Waals surface area contributed by atoms with Crippen LogP contribution in [0.5, 0.6) is 0 Å². The molecule has 3 heteroatoms. The molecule has 0 aromatic heterocycles. The van der Waals surface area contributed by atoms with Gasteiger partial charge in [0.05, 0.1) is 0 Å². The molecule has 0 heterocycles. The van der Waals surface area contributed by atoms with Crippen molar-refractivity contribution in [2.45, 2.75) is 152 Å². The van der Waals surface area contributed by atoms with Gasteiger partial charge in [-0.25, -0.2) is 0 Å². The molecule has 0 bridgehead atoms. The van der Waals surface area contributed by atoms with E-state index in [0.717, 1.165) is 6.42 Å². The molecule has 0 aliphatic heterocycles. The summed E-state index contributed by atoms with van der Waals surface area (Å²) in [5.74, 6) is 0. The summed E-state index contributed by atoms with van der Waals surface area (Å²) in [6, 6.07) is 0. The zero-order valence-corrected chi connectivity index (χ0v) is 28.4. The van der Waals surface area contributed by atoms with Gasteiger partial charge in [0.1, 0.15) is 0 Å². The second-order valence-corrected chi connectivity index (χ2v) is 40.6. The standard InChI is InChI=1S/C4H6O.6C4H9.2Sn/c1-2-3-4-5;6*1-3-4-2;;/h2,5H,3-4H2;6*1,3-4H2,2H3;;. The first-order valence-electron chi connectivity index (χ1n) is 14.4. The van der Waals surface area contributed by atoms with Crippen LogP contribution in [-0.2, 0) is 0 Å². The number of aliphatic hydroxyl groups excluding tert-OH is 1. The summed E-state index contributed by atoms with van der Waals surface area (Å²) in [5, 5.41) is 9.91. The third kappa shape index (κ3) is 12.0. The van der Waals surface area contributed by atoms with E-state index in [2.05, 4.69) is 49.2 Å². The van der Waals surface area contributed by atoms with E-state index in [1.165, 1.54) is 77.0 Å². The van der Waals surface area contributed by atoms with Gasteiger partial charge >= 0.3 is 208 Å². The van der Waals surface area contributed by atoms with Crippen LogP contribution in [0.25, 0.3) is 0 Å². The van der Waals surface area contributed by atoms with Gasteiger partial charge in [-0.2, -0.15) is 0 Å². The van der Waals surface area contributed by atoms with Gasteiger partial charge in [0, 0.05) is 0 Å². The summed E-state index contributed by atoms with van der Waals surface area (Å²) in [5.41, 5.74) is 0. The van der Waals surface area contributed by atoms with Gasteiger partial charge in [0.2, 0.25) is 0 Å².